The molecule has 1 rings (SSSR count). The molecule has 2 amide bonds. The fourth-order valence-corrected chi connectivity index (χ4v) is 2.44. The summed E-state index contributed by atoms with van der Waals surface area (Å²) in [6.45, 7) is 7.55. The predicted octanol–water partition coefficient (Wildman–Crippen LogP) is 1.12. The molecule has 1 saturated heterocycles. The molecule has 1 N–H and O–H groups in total. The lowest BCUT2D eigenvalue weighted by atomic mass is 10.0. The molecule has 0 aromatic heterocycles. The topological polar surface area (TPSA) is 70.1 Å². The Balaban J connectivity index is 2.76. The van der Waals surface area contributed by atoms with E-state index >= 15 is 0 Å². The second-order valence-electron chi connectivity index (χ2n) is 5.39. The number of hydrogen-bond acceptors (Lipinski definition) is 3. The molecule has 1 aliphatic rings. The monoisotopic (exact) mass is 272 g/mol. The SMILES string of the molecule is CCN(C(=O)N(C)CC(C)C)C1COCC1C(=O)O. The van der Waals surface area contributed by atoms with Crippen LogP contribution in [0.4, 0.5) is 4.79 Å². The number of carbonyl (C=O) groups is 2. The Bertz CT molecular complexity index is 333. The zero-order valence-corrected chi connectivity index (χ0v) is 12.1. The molecule has 2 atom stereocenters. The molecule has 0 aliphatic carbocycles. The van der Waals surface area contributed by atoms with Gasteiger partial charge in [-0.05, 0) is 12.8 Å². The fourth-order valence-electron chi connectivity index (χ4n) is 2.44. The average Bonchev–Trinajstić information content (AvgIpc) is 2.78. The summed E-state index contributed by atoms with van der Waals surface area (Å²) in [6, 6.07) is -0.498. The Morgan fingerprint density at radius 3 is 2.47 bits per heavy atom. The van der Waals surface area contributed by atoms with Crippen LogP contribution in [0.3, 0.4) is 0 Å². The zero-order chi connectivity index (χ0) is 14.6. The highest BCUT2D eigenvalue weighted by atomic mass is 16.5. The van der Waals surface area contributed by atoms with Crippen LogP contribution in [0.2, 0.25) is 0 Å². The molecule has 2 unspecified atom stereocenters. The van der Waals surface area contributed by atoms with E-state index in [-0.39, 0.29) is 18.7 Å². The highest BCUT2D eigenvalue weighted by molar-refractivity contribution is 5.77. The number of urea groups is 1. The lowest BCUT2D eigenvalue weighted by Crippen LogP contribution is -2.51. The van der Waals surface area contributed by atoms with E-state index in [1.165, 1.54) is 0 Å². The number of hydrogen-bond donors (Lipinski definition) is 1. The van der Waals surface area contributed by atoms with E-state index in [0.29, 0.717) is 25.6 Å². The first-order chi connectivity index (χ1) is 8.88. The number of likely N-dealkylation sites (N-methyl/N-ethyl adjacent to an activating group) is 1. The normalized spacial score (nSPS) is 22.6. The van der Waals surface area contributed by atoms with Gasteiger partial charge in [0.2, 0.25) is 0 Å². The molecular formula is C13H24N2O4. The molecule has 0 saturated carbocycles. The highest BCUT2D eigenvalue weighted by Crippen LogP contribution is 2.21. The fraction of sp³-hybridized carbons (Fsp3) is 0.846. The number of aliphatic carboxylic acids is 1. The molecule has 110 valence electrons. The van der Waals surface area contributed by atoms with Gasteiger partial charge in [-0.15, -0.1) is 0 Å². The minimum Gasteiger partial charge on any atom is -0.481 e. The third-order valence-electron chi connectivity index (χ3n) is 3.32. The van der Waals surface area contributed by atoms with Crippen LogP contribution in [0.25, 0.3) is 0 Å². The molecule has 1 fully saturated rings. The Morgan fingerprint density at radius 1 is 1.37 bits per heavy atom. The quantitative estimate of drug-likeness (QED) is 0.814. The van der Waals surface area contributed by atoms with Gasteiger partial charge in [-0.2, -0.15) is 0 Å². The van der Waals surface area contributed by atoms with E-state index in [1.807, 2.05) is 20.8 Å². The van der Waals surface area contributed by atoms with Crippen LogP contribution < -0.4 is 0 Å². The summed E-state index contributed by atoms with van der Waals surface area (Å²) in [5.74, 6) is -1.15. The van der Waals surface area contributed by atoms with Crippen molar-refractivity contribution in [3.8, 4) is 0 Å². The largest absolute Gasteiger partial charge is 0.481 e. The number of nitrogens with zero attached hydrogens (tertiary/aromatic N) is 2. The van der Waals surface area contributed by atoms with E-state index < -0.39 is 11.9 Å². The molecule has 0 aromatic rings. The molecule has 19 heavy (non-hydrogen) atoms. The number of ether oxygens (including phenoxy) is 1. The van der Waals surface area contributed by atoms with Crippen LogP contribution >= 0.6 is 0 Å². The molecule has 0 spiro atoms. The number of carboxylic acid groups (broad SMARTS) is 1. The minimum absolute atomic E-state index is 0.127. The highest BCUT2D eigenvalue weighted by Gasteiger charge is 2.40. The van der Waals surface area contributed by atoms with Crippen molar-refractivity contribution in [2.24, 2.45) is 11.8 Å². The van der Waals surface area contributed by atoms with Crippen molar-refractivity contribution in [3.05, 3.63) is 0 Å². The van der Waals surface area contributed by atoms with E-state index in [1.54, 1.807) is 16.8 Å². The van der Waals surface area contributed by atoms with Crippen molar-refractivity contribution in [2.45, 2.75) is 26.8 Å². The predicted molar refractivity (Wildman–Crippen MR) is 71.0 cm³/mol. The molecule has 0 bridgehead atoms. The standard InChI is InChI=1S/C13H24N2O4/c1-5-15(13(18)14(4)6-9(2)3)11-8-19-7-10(11)12(16)17/h9-11H,5-8H2,1-4H3,(H,16,17). The number of carboxylic acids is 1. The van der Waals surface area contributed by atoms with Gasteiger partial charge in [-0.25, -0.2) is 4.79 Å². The van der Waals surface area contributed by atoms with Crippen molar-refractivity contribution in [1.82, 2.24) is 9.80 Å². The van der Waals surface area contributed by atoms with Gasteiger partial charge < -0.3 is 19.6 Å². The lowest BCUT2D eigenvalue weighted by molar-refractivity contribution is -0.142. The Morgan fingerprint density at radius 2 is 2.00 bits per heavy atom. The van der Waals surface area contributed by atoms with Crippen molar-refractivity contribution < 1.29 is 19.4 Å². The minimum atomic E-state index is -0.903. The molecule has 6 nitrogen and oxygen atoms in total. The number of rotatable bonds is 5. The van der Waals surface area contributed by atoms with Gasteiger partial charge in [-0.3, -0.25) is 4.79 Å². The summed E-state index contributed by atoms with van der Waals surface area (Å²) in [5.41, 5.74) is 0. The Kier molecular flexibility index (Phi) is 5.60. The van der Waals surface area contributed by atoms with E-state index in [0.717, 1.165) is 0 Å². The van der Waals surface area contributed by atoms with E-state index in [9.17, 15) is 9.59 Å². The van der Waals surface area contributed by atoms with Gasteiger partial charge in [0, 0.05) is 20.1 Å². The summed E-state index contributed by atoms with van der Waals surface area (Å²) in [4.78, 5) is 26.8. The summed E-state index contributed by atoms with van der Waals surface area (Å²) in [7, 11) is 1.75. The van der Waals surface area contributed by atoms with Crippen molar-refractivity contribution in [2.75, 3.05) is 33.4 Å². The first kappa shape index (κ1) is 15.8. The van der Waals surface area contributed by atoms with Gasteiger partial charge in [0.15, 0.2) is 0 Å². The summed E-state index contributed by atoms with van der Waals surface area (Å²) in [6.07, 6.45) is 0. The Labute approximate surface area is 114 Å². The van der Waals surface area contributed by atoms with Crippen molar-refractivity contribution in [1.29, 1.82) is 0 Å². The van der Waals surface area contributed by atoms with Crippen LogP contribution in [0.1, 0.15) is 20.8 Å². The maximum absolute atomic E-state index is 12.4. The molecule has 1 heterocycles. The smallest absolute Gasteiger partial charge is 0.320 e. The summed E-state index contributed by atoms with van der Waals surface area (Å²) >= 11 is 0. The molecule has 6 heteroatoms. The van der Waals surface area contributed by atoms with Crippen LogP contribution in [0.15, 0.2) is 0 Å². The average molecular weight is 272 g/mol. The second-order valence-corrected chi connectivity index (χ2v) is 5.39. The third-order valence-corrected chi connectivity index (χ3v) is 3.32. The van der Waals surface area contributed by atoms with Crippen molar-refractivity contribution >= 4 is 12.0 Å². The second kappa shape index (κ2) is 6.75. The third kappa shape index (κ3) is 3.83. The molecule has 1 aliphatic heterocycles. The summed E-state index contributed by atoms with van der Waals surface area (Å²) in [5, 5.41) is 9.16. The lowest BCUT2D eigenvalue weighted by Gasteiger charge is -2.33. The van der Waals surface area contributed by atoms with Gasteiger partial charge in [0.05, 0.1) is 19.3 Å². The molecular weight excluding hydrogens is 248 g/mol. The first-order valence-electron chi connectivity index (χ1n) is 6.70. The van der Waals surface area contributed by atoms with Gasteiger partial charge in [0.1, 0.15) is 5.92 Å². The van der Waals surface area contributed by atoms with Crippen LogP contribution in [-0.2, 0) is 9.53 Å². The van der Waals surface area contributed by atoms with Crippen LogP contribution in [0.5, 0.6) is 0 Å². The Hall–Kier alpha value is -1.30. The van der Waals surface area contributed by atoms with E-state index in [2.05, 4.69) is 0 Å². The van der Waals surface area contributed by atoms with Gasteiger partial charge in [-0.1, -0.05) is 13.8 Å². The van der Waals surface area contributed by atoms with Crippen LogP contribution in [-0.4, -0.2) is 66.3 Å². The number of amides is 2. The zero-order valence-electron chi connectivity index (χ0n) is 12.1. The van der Waals surface area contributed by atoms with Crippen LogP contribution in [0, 0.1) is 11.8 Å². The van der Waals surface area contributed by atoms with Gasteiger partial charge in [0.25, 0.3) is 0 Å². The van der Waals surface area contributed by atoms with Crippen molar-refractivity contribution in [3.63, 3.8) is 0 Å². The summed E-state index contributed by atoms with van der Waals surface area (Å²) < 4.78 is 5.23. The molecule has 0 radical (unpaired) electrons. The molecule has 0 aromatic carbocycles. The maximum atomic E-state index is 12.4. The maximum Gasteiger partial charge on any atom is 0.320 e. The van der Waals surface area contributed by atoms with E-state index in [4.69, 9.17) is 9.84 Å². The first-order valence-corrected chi connectivity index (χ1v) is 6.70. The number of carbonyl (C=O) groups excluding carboxylic acids is 1. The van der Waals surface area contributed by atoms with Gasteiger partial charge >= 0.3 is 12.0 Å².